The molecule has 8 heteroatoms. The van der Waals surface area contributed by atoms with E-state index in [0.29, 0.717) is 24.9 Å². The molecule has 2 aromatic rings. The number of unbranched alkanes of at least 4 members (excludes halogenated alkanes) is 1. The standard InChI is InChI=1S/C28H36N2O6/c1-3-16-30(2)18-24-17-25(21-10-8-20(19-31)9-11-21)36-28(35-24)22-12-14-23(15-13-22)29-26(32)6-4-5-7-27(33)34/h3,8-15,24-25,28,31H,1,4-7,16-19H2,2H3,(H,29,32)(H,33,34)/t24-,25+,28+/m1/s1. The van der Waals surface area contributed by atoms with E-state index in [1.54, 1.807) is 0 Å². The number of nitrogens with zero attached hydrogens (tertiary/aromatic N) is 1. The number of anilines is 1. The molecule has 0 saturated carbocycles. The zero-order valence-corrected chi connectivity index (χ0v) is 20.8. The van der Waals surface area contributed by atoms with Crippen LogP contribution in [0.3, 0.4) is 0 Å². The quantitative estimate of drug-likeness (QED) is 0.278. The van der Waals surface area contributed by atoms with Gasteiger partial charge in [-0.3, -0.25) is 9.59 Å². The Morgan fingerprint density at radius 1 is 1.06 bits per heavy atom. The summed E-state index contributed by atoms with van der Waals surface area (Å²) in [4.78, 5) is 24.9. The Hall–Kier alpha value is -3.04. The van der Waals surface area contributed by atoms with E-state index >= 15 is 0 Å². The molecule has 0 bridgehead atoms. The number of ether oxygens (including phenoxy) is 2. The normalized spacial score (nSPS) is 19.7. The van der Waals surface area contributed by atoms with Crippen molar-refractivity contribution in [3.8, 4) is 0 Å². The molecule has 2 aromatic carbocycles. The summed E-state index contributed by atoms with van der Waals surface area (Å²) in [5, 5.41) is 20.9. The highest BCUT2D eigenvalue weighted by Gasteiger charge is 2.32. The number of aliphatic hydroxyl groups is 1. The maximum atomic E-state index is 12.2. The number of aliphatic hydroxyl groups excluding tert-OH is 1. The fraction of sp³-hybridized carbons (Fsp3) is 0.429. The maximum absolute atomic E-state index is 12.2. The Morgan fingerprint density at radius 2 is 1.72 bits per heavy atom. The molecule has 1 fully saturated rings. The van der Waals surface area contributed by atoms with Gasteiger partial charge in [-0.1, -0.05) is 42.5 Å². The van der Waals surface area contributed by atoms with Crippen molar-refractivity contribution in [2.24, 2.45) is 0 Å². The summed E-state index contributed by atoms with van der Waals surface area (Å²) in [6.07, 6.45) is 3.14. The van der Waals surface area contributed by atoms with E-state index in [-0.39, 0.29) is 37.6 Å². The molecule has 3 atom stereocenters. The van der Waals surface area contributed by atoms with Crippen LogP contribution in [0.1, 0.15) is 61.2 Å². The van der Waals surface area contributed by atoms with E-state index in [0.717, 1.165) is 29.8 Å². The minimum absolute atomic E-state index is 0.00225. The maximum Gasteiger partial charge on any atom is 0.303 e. The summed E-state index contributed by atoms with van der Waals surface area (Å²) in [5.74, 6) is -0.993. The van der Waals surface area contributed by atoms with Crippen molar-refractivity contribution in [3.63, 3.8) is 0 Å². The first kappa shape index (κ1) is 27.5. The fourth-order valence-corrected chi connectivity index (χ4v) is 4.18. The summed E-state index contributed by atoms with van der Waals surface area (Å²) in [5.41, 5.74) is 3.39. The topological polar surface area (TPSA) is 108 Å². The summed E-state index contributed by atoms with van der Waals surface area (Å²) in [7, 11) is 2.03. The molecule has 8 nitrogen and oxygen atoms in total. The number of rotatable bonds is 13. The van der Waals surface area contributed by atoms with E-state index in [1.165, 1.54) is 0 Å². The zero-order valence-electron chi connectivity index (χ0n) is 20.8. The van der Waals surface area contributed by atoms with Crippen molar-refractivity contribution in [2.75, 3.05) is 25.5 Å². The van der Waals surface area contributed by atoms with E-state index in [4.69, 9.17) is 14.6 Å². The number of carbonyl (C=O) groups excluding carboxylic acids is 1. The molecule has 1 amide bonds. The largest absolute Gasteiger partial charge is 0.481 e. The average molecular weight is 497 g/mol. The molecule has 0 aliphatic carbocycles. The Morgan fingerprint density at radius 3 is 2.36 bits per heavy atom. The van der Waals surface area contributed by atoms with E-state index < -0.39 is 12.3 Å². The molecule has 0 unspecified atom stereocenters. The van der Waals surface area contributed by atoms with E-state index in [1.807, 2.05) is 61.7 Å². The van der Waals surface area contributed by atoms with Gasteiger partial charge >= 0.3 is 5.97 Å². The third kappa shape index (κ3) is 8.57. The molecule has 1 aliphatic heterocycles. The smallest absolute Gasteiger partial charge is 0.303 e. The minimum atomic E-state index is -0.850. The lowest BCUT2D eigenvalue weighted by Crippen LogP contribution is -2.37. The lowest BCUT2D eigenvalue weighted by Gasteiger charge is -2.37. The molecule has 1 saturated heterocycles. The number of aliphatic carboxylic acids is 1. The number of carboxylic acids is 1. The highest BCUT2D eigenvalue weighted by Crippen LogP contribution is 2.38. The van der Waals surface area contributed by atoms with Gasteiger partial charge in [0.2, 0.25) is 5.91 Å². The third-order valence-corrected chi connectivity index (χ3v) is 6.08. The van der Waals surface area contributed by atoms with Crippen LogP contribution in [0.15, 0.2) is 61.2 Å². The second-order valence-corrected chi connectivity index (χ2v) is 9.13. The number of likely N-dealkylation sites (N-methyl/N-ethyl adjacent to an activating group) is 1. The van der Waals surface area contributed by atoms with Crippen LogP contribution in [0.5, 0.6) is 0 Å². The molecule has 194 valence electrons. The number of hydrogen-bond acceptors (Lipinski definition) is 6. The first-order valence-electron chi connectivity index (χ1n) is 12.3. The monoisotopic (exact) mass is 496 g/mol. The lowest BCUT2D eigenvalue weighted by atomic mass is 9.99. The number of carboxylic acid groups (broad SMARTS) is 1. The Bertz CT molecular complexity index is 992. The van der Waals surface area contributed by atoms with Gasteiger partial charge in [0, 0.05) is 43.6 Å². The van der Waals surface area contributed by atoms with Crippen LogP contribution in [-0.4, -0.2) is 53.2 Å². The Balaban J connectivity index is 1.66. The predicted octanol–water partition coefficient (Wildman–Crippen LogP) is 4.43. The van der Waals surface area contributed by atoms with Crippen LogP contribution in [0.2, 0.25) is 0 Å². The second-order valence-electron chi connectivity index (χ2n) is 9.13. The van der Waals surface area contributed by atoms with Crippen LogP contribution in [0, 0.1) is 0 Å². The first-order valence-corrected chi connectivity index (χ1v) is 12.3. The first-order chi connectivity index (χ1) is 17.4. The van der Waals surface area contributed by atoms with Crippen molar-refractivity contribution >= 4 is 17.6 Å². The molecule has 1 aliphatic rings. The molecule has 36 heavy (non-hydrogen) atoms. The molecular formula is C28H36N2O6. The van der Waals surface area contributed by atoms with Crippen LogP contribution in [0.25, 0.3) is 0 Å². The lowest BCUT2D eigenvalue weighted by molar-refractivity contribution is -0.252. The Kier molecular flexibility index (Phi) is 10.6. The number of hydrogen-bond donors (Lipinski definition) is 3. The summed E-state index contributed by atoms with van der Waals surface area (Å²) >= 11 is 0. The van der Waals surface area contributed by atoms with Crippen LogP contribution < -0.4 is 5.32 Å². The van der Waals surface area contributed by atoms with Gasteiger partial charge in [-0.15, -0.1) is 6.58 Å². The number of carbonyl (C=O) groups is 2. The van der Waals surface area contributed by atoms with Gasteiger partial charge < -0.3 is 29.9 Å². The summed E-state index contributed by atoms with van der Waals surface area (Å²) < 4.78 is 12.7. The third-order valence-electron chi connectivity index (χ3n) is 6.08. The van der Waals surface area contributed by atoms with Crippen molar-refractivity contribution < 1.29 is 29.3 Å². The highest BCUT2D eigenvalue weighted by atomic mass is 16.7. The number of nitrogens with one attached hydrogen (secondary N) is 1. The van der Waals surface area contributed by atoms with Crippen molar-refractivity contribution in [1.29, 1.82) is 0 Å². The molecule has 0 radical (unpaired) electrons. The number of amides is 1. The van der Waals surface area contributed by atoms with Crippen molar-refractivity contribution in [2.45, 2.75) is 57.2 Å². The van der Waals surface area contributed by atoms with Gasteiger partial charge in [0.05, 0.1) is 18.8 Å². The van der Waals surface area contributed by atoms with Gasteiger partial charge in [0.25, 0.3) is 0 Å². The van der Waals surface area contributed by atoms with E-state index in [2.05, 4.69) is 16.8 Å². The highest BCUT2D eigenvalue weighted by molar-refractivity contribution is 5.90. The molecule has 3 N–H and O–H groups in total. The van der Waals surface area contributed by atoms with Crippen LogP contribution in [-0.2, 0) is 25.7 Å². The molecule has 1 heterocycles. The minimum Gasteiger partial charge on any atom is -0.481 e. The molecular weight excluding hydrogens is 460 g/mol. The summed E-state index contributed by atoms with van der Waals surface area (Å²) in [6.45, 7) is 5.29. The molecule has 0 spiro atoms. The van der Waals surface area contributed by atoms with Gasteiger partial charge in [-0.2, -0.15) is 0 Å². The van der Waals surface area contributed by atoms with Gasteiger partial charge in [0.1, 0.15) is 0 Å². The van der Waals surface area contributed by atoms with Crippen molar-refractivity contribution in [3.05, 3.63) is 77.9 Å². The van der Waals surface area contributed by atoms with Crippen molar-refractivity contribution in [1.82, 2.24) is 4.90 Å². The van der Waals surface area contributed by atoms with E-state index in [9.17, 15) is 14.7 Å². The fourth-order valence-electron chi connectivity index (χ4n) is 4.18. The number of benzene rings is 2. The van der Waals surface area contributed by atoms with Gasteiger partial charge in [-0.05, 0) is 43.1 Å². The molecule has 3 rings (SSSR count). The summed E-state index contributed by atoms with van der Waals surface area (Å²) in [6, 6.07) is 15.2. The molecule has 0 aromatic heterocycles. The van der Waals surface area contributed by atoms with Crippen LogP contribution in [0.4, 0.5) is 5.69 Å². The van der Waals surface area contributed by atoms with Gasteiger partial charge in [-0.25, -0.2) is 0 Å². The average Bonchev–Trinajstić information content (AvgIpc) is 2.87. The van der Waals surface area contributed by atoms with Crippen LogP contribution >= 0.6 is 0 Å². The second kappa shape index (κ2) is 13.9. The van der Waals surface area contributed by atoms with Gasteiger partial charge in [0.15, 0.2) is 6.29 Å². The zero-order chi connectivity index (χ0) is 25.9. The Labute approximate surface area is 212 Å². The SMILES string of the molecule is C=CCN(C)C[C@H]1C[C@@H](c2ccc(CO)cc2)O[C@@H](c2ccc(NC(=O)CCCCC(=O)O)cc2)O1. The predicted molar refractivity (Wildman–Crippen MR) is 137 cm³/mol.